The predicted molar refractivity (Wildman–Crippen MR) is 56.9 cm³/mol. The first-order valence-corrected chi connectivity index (χ1v) is 4.83. The molecule has 0 amide bonds. The molecule has 0 spiro atoms. The highest BCUT2D eigenvalue weighted by Gasteiger charge is 2.09. The molecule has 0 aliphatic carbocycles. The number of halogens is 2. The Morgan fingerprint density at radius 3 is 2.87 bits per heavy atom. The van der Waals surface area contributed by atoms with Crippen LogP contribution in [0, 0.1) is 17.1 Å². The van der Waals surface area contributed by atoms with E-state index in [1.165, 1.54) is 18.3 Å². The van der Waals surface area contributed by atoms with E-state index in [0.29, 0.717) is 4.47 Å². The van der Waals surface area contributed by atoms with Gasteiger partial charge in [-0.1, -0.05) is 15.9 Å². The third-order valence-electron chi connectivity index (χ3n) is 2.03. The first-order valence-electron chi connectivity index (χ1n) is 4.04. The maximum absolute atomic E-state index is 13.4. The normalized spacial score (nSPS) is 10.2. The van der Waals surface area contributed by atoms with E-state index in [1.54, 1.807) is 6.07 Å². The summed E-state index contributed by atoms with van der Waals surface area (Å²) in [6.07, 6.45) is 1.21. The van der Waals surface area contributed by atoms with Gasteiger partial charge < -0.3 is 4.98 Å². The van der Waals surface area contributed by atoms with Crippen LogP contribution in [0.25, 0.3) is 10.9 Å². The lowest BCUT2D eigenvalue weighted by Gasteiger charge is -2.00. The van der Waals surface area contributed by atoms with Crippen LogP contribution in [0.4, 0.5) is 4.39 Å². The van der Waals surface area contributed by atoms with Gasteiger partial charge in [0.05, 0.1) is 10.9 Å². The van der Waals surface area contributed by atoms with Crippen LogP contribution in [0.15, 0.2) is 27.6 Å². The number of hydrogen-bond acceptors (Lipinski definition) is 2. The third-order valence-corrected chi connectivity index (χ3v) is 2.48. The van der Waals surface area contributed by atoms with Crippen molar-refractivity contribution in [2.45, 2.75) is 0 Å². The van der Waals surface area contributed by atoms with Crippen molar-refractivity contribution < 1.29 is 4.39 Å². The molecule has 3 nitrogen and oxygen atoms in total. The molecule has 1 aromatic carbocycles. The van der Waals surface area contributed by atoms with E-state index in [4.69, 9.17) is 5.26 Å². The van der Waals surface area contributed by atoms with Crippen molar-refractivity contribution in [3.8, 4) is 6.07 Å². The maximum Gasteiger partial charge on any atom is 0.207 e. The number of aromatic amines is 1. The molecule has 0 unspecified atom stereocenters. The van der Waals surface area contributed by atoms with Crippen LogP contribution in [0.3, 0.4) is 0 Å². The molecule has 74 valence electrons. The molecule has 15 heavy (non-hydrogen) atoms. The van der Waals surface area contributed by atoms with E-state index in [-0.39, 0.29) is 16.5 Å². The van der Waals surface area contributed by atoms with Crippen molar-refractivity contribution in [1.29, 1.82) is 5.26 Å². The molecule has 2 aromatic rings. The van der Waals surface area contributed by atoms with Gasteiger partial charge in [-0.15, -0.1) is 0 Å². The molecule has 1 aromatic heterocycles. The third kappa shape index (κ3) is 1.53. The van der Waals surface area contributed by atoms with Gasteiger partial charge in [0.25, 0.3) is 0 Å². The molecule has 0 atom stereocenters. The van der Waals surface area contributed by atoms with Gasteiger partial charge in [0.2, 0.25) is 5.43 Å². The number of fused-ring (bicyclic) bond motifs is 1. The number of nitriles is 1. The lowest BCUT2D eigenvalue weighted by Crippen LogP contribution is -2.07. The molecule has 1 heterocycles. The fourth-order valence-corrected chi connectivity index (χ4v) is 1.77. The van der Waals surface area contributed by atoms with Gasteiger partial charge in [0.1, 0.15) is 17.4 Å². The van der Waals surface area contributed by atoms with Gasteiger partial charge in [0.15, 0.2) is 0 Å². The van der Waals surface area contributed by atoms with Gasteiger partial charge >= 0.3 is 0 Å². The molecular formula is C10H4BrFN2O. The molecular weight excluding hydrogens is 263 g/mol. The second-order valence-electron chi connectivity index (χ2n) is 2.95. The van der Waals surface area contributed by atoms with Crippen molar-refractivity contribution in [2.75, 3.05) is 0 Å². The Hall–Kier alpha value is -1.67. The number of pyridine rings is 1. The summed E-state index contributed by atoms with van der Waals surface area (Å²) in [5.41, 5.74) is -0.381. The Morgan fingerprint density at radius 1 is 1.47 bits per heavy atom. The first-order chi connectivity index (χ1) is 7.13. The molecule has 2 rings (SSSR count). The number of rotatable bonds is 0. The zero-order valence-corrected chi connectivity index (χ0v) is 8.93. The topological polar surface area (TPSA) is 56.6 Å². The highest BCUT2D eigenvalue weighted by molar-refractivity contribution is 9.10. The summed E-state index contributed by atoms with van der Waals surface area (Å²) < 4.78 is 13.8. The highest BCUT2D eigenvalue weighted by Crippen LogP contribution is 2.19. The average Bonchev–Trinajstić information content (AvgIpc) is 2.19. The Balaban J connectivity index is 3.01. The number of H-pyrrole nitrogens is 1. The Kier molecular flexibility index (Phi) is 2.29. The average molecular weight is 267 g/mol. The zero-order valence-electron chi connectivity index (χ0n) is 7.34. The number of benzene rings is 1. The van der Waals surface area contributed by atoms with E-state index in [0.717, 1.165) is 0 Å². The SMILES string of the molecule is N#Cc1c[nH]c2c(F)cc(Br)cc2c1=O. The molecule has 0 saturated carbocycles. The van der Waals surface area contributed by atoms with Crippen molar-refractivity contribution in [1.82, 2.24) is 4.98 Å². The van der Waals surface area contributed by atoms with Crippen LogP contribution in [0.1, 0.15) is 5.56 Å². The molecule has 0 saturated heterocycles. The van der Waals surface area contributed by atoms with Crippen LogP contribution in [-0.2, 0) is 0 Å². The molecule has 0 fully saturated rings. The summed E-state index contributed by atoms with van der Waals surface area (Å²) in [6.45, 7) is 0. The van der Waals surface area contributed by atoms with Gasteiger partial charge in [-0.25, -0.2) is 4.39 Å². The fraction of sp³-hybridized carbons (Fsp3) is 0. The van der Waals surface area contributed by atoms with Gasteiger partial charge in [-0.05, 0) is 12.1 Å². The van der Waals surface area contributed by atoms with Gasteiger partial charge in [-0.2, -0.15) is 5.26 Å². The standard InChI is InChI=1S/C10H4BrFN2O/c11-6-1-7-9(8(12)2-6)14-4-5(3-13)10(7)15/h1-2,4H,(H,14,15). The van der Waals surface area contributed by atoms with Crippen LogP contribution in [-0.4, -0.2) is 4.98 Å². The second-order valence-corrected chi connectivity index (χ2v) is 3.87. The minimum absolute atomic E-state index is 0.0278. The van der Waals surface area contributed by atoms with Crippen LogP contribution < -0.4 is 5.43 Å². The van der Waals surface area contributed by atoms with Crippen molar-refractivity contribution in [3.05, 3.63) is 44.4 Å². The zero-order chi connectivity index (χ0) is 11.0. The summed E-state index contributed by atoms with van der Waals surface area (Å²) >= 11 is 3.09. The van der Waals surface area contributed by atoms with E-state index in [2.05, 4.69) is 20.9 Å². The summed E-state index contributed by atoms with van der Waals surface area (Å²) in [5, 5.41) is 8.81. The monoisotopic (exact) mass is 266 g/mol. The lowest BCUT2D eigenvalue weighted by molar-refractivity contribution is 0.636. The summed E-state index contributed by atoms with van der Waals surface area (Å²) in [4.78, 5) is 14.2. The number of nitrogens with one attached hydrogen (secondary N) is 1. The minimum atomic E-state index is -0.527. The second kappa shape index (κ2) is 3.48. The van der Waals surface area contributed by atoms with Crippen molar-refractivity contribution in [3.63, 3.8) is 0 Å². The Morgan fingerprint density at radius 2 is 2.20 bits per heavy atom. The summed E-state index contributed by atoms with van der Waals surface area (Å²) in [5.74, 6) is -0.527. The molecule has 0 bridgehead atoms. The summed E-state index contributed by atoms with van der Waals surface area (Å²) in [6, 6.07) is 4.48. The van der Waals surface area contributed by atoms with Gasteiger partial charge in [0, 0.05) is 10.7 Å². The van der Waals surface area contributed by atoms with E-state index in [1.807, 2.05) is 0 Å². The first kappa shape index (κ1) is 9.87. The molecule has 5 heteroatoms. The number of nitrogens with zero attached hydrogens (tertiary/aromatic N) is 1. The number of hydrogen-bond donors (Lipinski definition) is 1. The lowest BCUT2D eigenvalue weighted by atomic mass is 10.1. The fourth-order valence-electron chi connectivity index (χ4n) is 1.34. The predicted octanol–water partition coefficient (Wildman–Crippen LogP) is 2.30. The van der Waals surface area contributed by atoms with Crippen LogP contribution in [0.5, 0.6) is 0 Å². The quantitative estimate of drug-likeness (QED) is 0.796. The number of aromatic nitrogens is 1. The molecule has 0 aliphatic heterocycles. The molecule has 0 aliphatic rings. The molecule has 0 radical (unpaired) electrons. The van der Waals surface area contributed by atoms with Crippen molar-refractivity contribution >= 4 is 26.8 Å². The summed E-state index contributed by atoms with van der Waals surface area (Å²) in [7, 11) is 0. The van der Waals surface area contributed by atoms with E-state index >= 15 is 0 Å². The van der Waals surface area contributed by atoms with Gasteiger partial charge in [-0.3, -0.25) is 4.79 Å². The maximum atomic E-state index is 13.4. The van der Waals surface area contributed by atoms with E-state index < -0.39 is 11.2 Å². The Labute approximate surface area is 92.3 Å². The molecule has 1 N–H and O–H groups in total. The smallest absolute Gasteiger partial charge is 0.207 e. The van der Waals surface area contributed by atoms with Crippen LogP contribution >= 0.6 is 15.9 Å². The van der Waals surface area contributed by atoms with Crippen LogP contribution in [0.2, 0.25) is 0 Å². The van der Waals surface area contributed by atoms with E-state index in [9.17, 15) is 9.18 Å². The van der Waals surface area contributed by atoms with Crippen molar-refractivity contribution in [2.24, 2.45) is 0 Å². The Bertz CT molecular complexity index is 642. The minimum Gasteiger partial charge on any atom is -0.357 e. The largest absolute Gasteiger partial charge is 0.357 e. The highest BCUT2D eigenvalue weighted by atomic mass is 79.9.